The number of hydrogen-bond donors (Lipinski definition) is 2. The van der Waals surface area contributed by atoms with Gasteiger partial charge in [-0.15, -0.1) is 0 Å². The molecule has 1 heterocycles. The van der Waals surface area contributed by atoms with Gasteiger partial charge in [-0.25, -0.2) is 0 Å². The lowest BCUT2D eigenvalue weighted by Crippen LogP contribution is -2.06. The molecule has 0 fully saturated rings. The Hall–Kier alpha value is -2.59. The largest absolute Gasteiger partial charge is 0.394 e. The molecule has 0 bridgehead atoms. The van der Waals surface area contributed by atoms with E-state index in [0.29, 0.717) is 6.54 Å². The first-order valence-corrected chi connectivity index (χ1v) is 7.35. The maximum Gasteiger partial charge on any atom is 0.116 e. The fraction of sp³-hybridized carbons (Fsp3) is 0.167. The van der Waals surface area contributed by atoms with Crippen molar-refractivity contribution in [3.63, 3.8) is 0 Å². The molecule has 4 heteroatoms. The normalized spacial score (nSPS) is 10.6. The summed E-state index contributed by atoms with van der Waals surface area (Å²) >= 11 is 0. The molecule has 0 unspecified atom stereocenters. The monoisotopic (exact) mass is 293 g/mol. The van der Waals surface area contributed by atoms with E-state index >= 15 is 0 Å². The van der Waals surface area contributed by atoms with Crippen LogP contribution in [0.1, 0.15) is 0 Å². The van der Waals surface area contributed by atoms with E-state index in [9.17, 15) is 5.11 Å². The van der Waals surface area contributed by atoms with Gasteiger partial charge in [0.15, 0.2) is 0 Å². The molecule has 0 spiro atoms. The van der Waals surface area contributed by atoms with Gasteiger partial charge in [0.25, 0.3) is 0 Å². The summed E-state index contributed by atoms with van der Waals surface area (Å²) in [7, 11) is 1.90. The molecule has 0 aliphatic carbocycles. The van der Waals surface area contributed by atoms with Crippen LogP contribution in [0.25, 0.3) is 22.5 Å². The van der Waals surface area contributed by atoms with Crippen molar-refractivity contribution in [1.82, 2.24) is 9.78 Å². The predicted molar refractivity (Wildman–Crippen MR) is 89.7 cm³/mol. The van der Waals surface area contributed by atoms with Crippen LogP contribution in [0.5, 0.6) is 0 Å². The number of aliphatic hydroxyl groups is 1. The number of anilines is 1. The van der Waals surface area contributed by atoms with Crippen LogP contribution in [-0.2, 0) is 6.54 Å². The SMILES string of the molecule is CNc1c(-c2ccccc2)nn(CCO)c1-c1ccccc1. The van der Waals surface area contributed by atoms with Crippen LogP contribution in [0, 0.1) is 0 Å². The molecule has 0 saturated carbocycles. The van der Waals surface area contributed by atoms with Crippen LogP contribution in [0.4, 0.5) is 5.69 Å². The van der Waals surface area contributed by atoms with Crippen LogP contribution >= 0.6 is 0 Å². The van der Waals surface area contributed by atoms with E-state index in [-0.39, 0.29) is 6.61 Å². The molecule has 0 aliphatic heterocycles. The van der Waals surface area contributed by atoms with Crippen molar-refractivity contribution >= 4 is 5.69 Å². The molecule has 0 radical (unpaired) electrons. The standard InChI is InChI=1S/C18H19N3O/c1-19-17-16(14-8-4-2-5-9-14)20-21(12-13-22)18(17)15-10-6-3-7-11-15/h2-11,19,22H,12-13H2,1H3. The second-order valence-electron chi connectivity index (χ2n) is 5.00. The van der Waals surface area contributed by atoms with Crippen molar-refractivity contribution in [2.75, 3.05) is 19.0 Å². The fourth-order valence-corrected chi connectivity index (χ4v) is 2.64. The number of hydrogen-bond acceptors (Lipinski definition) is 3. The van der Waals surface area contributed by atoms with Crippen molar-refractivity contribution in [2.24, 2.45) is 0 Å². The highest BCUT2D eigenvalue weighted by molar-refractivity contribution is 5.87. The molecule has 3 aromatic rings. The molecular formula is C18H19N3O. The van der Waals surface area contributed by atoms with Crippen molar-refractivity contribution in [1.29, 1.82) is 0 Å². The summed E-state index contributed by atoms with van der Waals surface area (Å²) in [6.07, 6.45) is 0. The van der Waals surface area contributed by atoms with Crippen LogP contribution < -0.4 is 5.32 Å². The Kier molecular flexibility index (Phi) is 4.21. The van der Waals surface area contributed by atoms with E-state index in [1.54, 1.807) is 0 Å². The number of nitrogens with zero attached hydrogens (tertiary/aromatic N) is 2. The van der Waals surface area contributed by atoms with Gasteiger partial charge in [0, 0.05) is 18.2 Å². The summed E-state index contributed by atoms with van der Waals surface area (Å²) in [6, 6.07) is 20.2. The van der Waals surface area contributed by atoms with E-state index in [0.717, 1.165) is 28.2 Å². The lowest BCUT2D eigenvalue weighted by molar-refractivity contribution is 0.270. The highest BCUT2D eigenvalue weighted by Crippen LogP contribution is 2.36. The first-order valence-electron chi connectivity index (χ1n) is 7.35. The smallest absolute Gasteiger partial charge is 0.116 e. The molecule has 0 atom stereocenters. The van der Waals surface area contributed by atoms with E-state index < -0.39 is 0 Å². The number of benzene rings is 2. The average Bonchev–Trinajstić information content (AvgIpc) is 2.95. The van der Waals surface area contributed by atoms with Crippen molar-refractivity contribution in [2.45, 2.75) is 6.54 Å². The van der Waals surface area contributed by atoms with Crippen molar-refractivity contribution in [3.05, 3.63) is 60.7 Å². The first-order chi connectivity index (χ1) is 10.8. The van der Waals surface area contributed by atoms with Crippen molar-refractivity contribution < 1.29 is 5.11 Å². The highest BCUT2D eigenvalue weighted by atomic mass is 16.3. The van der Waals surface area contributed by atoms with Crippen LogP contribution in [0.2, 0.25) is 0 Å². The van der Waals surface area contributed by atoms with Gasteiger partial charge >= 0.3 is 0 Å². The molecule has 22 heavy (non-hydrogen) atoms. The van der Waals surface area contributed by atoms with Gasteiger partial charge in [-0.2, -0.15) is 5.10 Å². The molecule has 3 rings (SSSR count). The predicted octanol–water partition coefficient (Wildman–Crippen LogP) is 3.25. The van der Waals surface area contributed by atoms with Gasteiger partial charge in [0.2, 0.25) is 0 Å². The minimum atomic E-state index is 0.0545. The number of aliphatic hydroxyl groups excluding tert-OH is 1. The zero-order valence-electron chi connectivity index (χ0n) is 12.5. The van der Waals surface area contributed by atoms with Crippen LogP contribution in [0.3, 0.4) is 0 Å². The molecule has 2 aromatic carbocycles. The zero-order valence-corrected chi connectivity index (χ0v) is 12.5. The van der Waals surface area contributed by atoms with Gasteiger partial charge in [0.05, 0.1) is 24.5 Å². The Morgan fingerprint density at radius 3 is 2.09 bits per heavy atom. The average molecular weight is 293 g/mol. The Morgan fingerprint density at radius 1 is 0.955 bits per heavy atom. The topological polar surface area (TPSA) is 50.1 Å². The zero-order chi connectivity index (χ0) is 15.4. The van der Waals surface area contributed by atoms with Crippen molar-refractivity contribution in [3.8, 4) is 22.5 Å². The fourth-order valence-electron chi connectivity index (χ4n) is 2.64. The molecule has 2 N–H and O–H groups in total. The number of rotatable bonds is 5. The van der Waals surface area contributed by atoms with E-state index in [1.807, 2.05) is 60.3 Å². The third kappa shape index (κ3) is 2.61. The van der Waals surface area contributed by atoms with E-state index in [4.69, 9.17) is 5.10 Å². The minimum absolute atomic E-state index is 0.0545. The van der Waals surface area contributed by atoms with Gasteiger partial charge in [-0.1, -0.05) is 60.7 Å². The summed E-state index contributed by atoms with van der Waals surface area (Å²) < 4.78 is 1.86. The molecular weight excluding hydrogens is 274 g/mol. The second-order valence-corrected chi connectivity index (χ2v) is 5.00. The molecule has 112 valence electrons. The Labute approximate surface area is 130 Å². The van der Waals surface area contributed by atoms with Crippen LogP contribution in [0.15, 0.2) is 60.7 Å². The maximum absolute atomic E-state index is 9.35. The Morgan fingerprint density at radius 2 is 1.55 bits per heavy atom. The molecule has 4 nitrogen and oxygen atoms in total. The molecule has 0 saturated heterocycles. The first kappa shape index (κ1) is 14.4. The number of nitrogens with one attached hydrogen (secondary N) is 1. The Balaban J connectivity index is 2.21. The van der Waals surface area contributed by atoms with Gasteiger partial charge in [-0.05, 0) is 0 Å². The third-order valence-electron chi connectivity index (χ3n) is 3.61. The second kappa shape index (κ2) is 6.45. The summed E-state index contributed by atoms with van der Waals surface area (Å²) in [4.78, 5) is 0. The maximum atomic E-state index is 9.35. The quantitative estimate of drug-likeness (QED) is 0.759. The highest BCUT2D eigenvalue weighted by Gasteiger charge is 2.19. The molecule has 0 amide bonds. The summed E-state index contributed by atoms with van der Waals surface area (Å²) in [5.41, 5.74) is 5.01. The minimum Gasteiger partial charge on any atom is -0.394 e. The summed E-state index contributed by atoms with van der Waals surface area (Å²) in [6.45, 7) is 0.518. The lowest BCUT2D eigenvalue weighted by Gasteiger charge is -2.08. The van der Waals surface area contributed by atoms with E-state index in [2.05, 4.69) is 17.4 Å². The Bertz CT molecular complexity index is 736. The lowest BCUT2D eigenvalue weighted by atomic mass is 10.1. The van der Waals surface area contributed by atoms with E-state index in [1.165, 1.54) is 0 Å². The van der Waals surface area contributed by atoms with Gasteiger partial charge in [-0.3, -0.25) is 4.68 Å². The van der Waals surface area contributed by atoms with Gasteiger partial charge in [0.1, 0.15) is 5.69 Å². The van der Waals surface area contributed by atoms with Crippen LogP contribution in [-0.4, -0.2) is 28.5 Å². The summed E-state index contributed by atoms with van der Waals surface area (Å²) in [5.74, 6) is 0. The number of aromatic nitrogens is 2. The van der Waals surface area contributed by atoms with Gasteiger partial charge < -0.3 is 10.4 Å². The molecule has 0 aliphatic rings. The third-order valence-corrected chi connectivity index (χ3v) is 3.61. The molecule has 1 aromatic heterocycles. The summed E-state index contributed by atoms with van der Waals surface area (Å²) in [5, 5.41) is 17.3.